The molecule has 2 atom stereocenters. The number of nitrogens with two attached hydrogens (primary N) is 1. The summed E-state index contributed by atoms with van der Waals surface area (Å²) in [6, 6.07) is 0. The Morgan fingerprint density at radius 2 is 1.17 bits per heavy atom. The number of piperidine rings is 2. The second-order valence-electron chi connectivity index (χ2n) is 18.6. The molecule has 7 heteroatoms. The minimum Gasteiger partial charge on any atom is -0.387 e. The fraction of sp³-hybridized carbons (Fsp3) is 0.949. The number of morpholine rings is 1. The molecule has 0 saturated carbocycles. The molecule has 0 aromatic carbocycles. The van der Waals surface area contributed by atoms with Crippen molar-refractivity contribution in [3.63, 3.8) is 0 Å². The quantitative estimate of drug-likeness (QED) is 0.102. The highest BCUT2D eigenvalue weighted by Crippen LogP contribution is 2.42. The van der Waals surface area contributed by atoms with Crippen molar-refractivity contribution in [3.8, 4) is 0 Å². The third kappa shape index (κ3) is 14.5. The molecular formula is C39H78N6O. The summed E-state index contributed by atoms with van der Waals surface area (Å²) in [7, 11) is 0. The van der Waals surface area contributed by atoms with E-state index in [9.17, 15) is 0 Å². The van der Waals surface area contributed by atoms with E-state index in [1.807, 2.05) is 18.7 Å². The van der Waals surface area contributed by atoms with Gasteiger partial charge < -0.3 is 26.0 Å². The Labute approximate surface area is 285 Å². The van der Waals surface area contributed by atoms with E-state index in [-0.39, 0.29) is 34.0 Å². The van der Waals surface area contributed by atoms with Crippen LogP contribution >= 0.6 is 0 Å². The normalized spacial score (nSPS) is 24.8. The number of hydrogen-bond donors (Lipinski definition) is 4. The fourth-order valence-electron chi connectivity index (χ4n) is 9.15. The molecule has 3 aliphatic heterocycles. The van der Waals surface area contributed by atoms with Crippen LogP contribution in [0.3, 0.4) is 0 Å². The molecule has 2 unspecified atom stereocenters. The van der Waals surface area contributed by atoms with E-state index in [2.05, 4.69) is 91.8 Å². The Balaban J connectivity index is 0.000000438. The van der Waals surface area contributed by atoms with E-state index < -0.39 is 0 Å². The van der Waals surface area contributed by atoms with Gasteiger partial charge in [0.05, 0.1) is 13.2 Å². The number of rotatable bonds is 11. The van der Waals surface area contributed by atoms with Gasteiger partial charge in [-0.3, -0.25) is 5.41 Å². The summed E-state index contributed by atoms with van der Waals surface area (Å²) >= 11 is 0. The molecule has 0 radical (unpaired) electrons. The van der Waals surface area contributed by atoms with Crippen LogP contribution in [-0.2, 0) is 4.74 Å². The zero-order chi connectivity index (χ0) is 34.9. The summed E-state index contributed by atoms with van der Waals surface area (Å²) in [6.45, 7) is 33.4. The van der Waals surface area contributed by atoms with Gasteiger partial charge in [-0.15, -0.1) is 0 Å². The Hall–Kier alpha value is -1.18. The van der Waals surface area contributed by atoms with Gasteiger partial charge in [-0.2, -0.15) is 0 Å². The molecule has 0 spiro atoms. The van der Waals surface area contributed by atoms with Crippen molar-refractivity contribution in [2.24, 2.45) is 46.2 Å². The Morgan fingerprint density at radius 1 is 0.739 bits per heavy atom. The SMILES string of the molecule is CC(C)/C(N)=N/C(=N)N1CCOCC1.CC(C)C(CCCCCCC(C)C1CC(C)(C)NC(C)(C)C1)C1CC(C)(C)NC(C)(C)C1. The Morgan fingerprint density at radius 3 is 1.61 bits per heavy atom. The molecule has 0 aromatic heterocycles. The van der Waals surface area contributed by atoms with Gasteiger partial charge in [-0.25, -0.2) is 4.99 Å². The average molecular weight is 647 g/mol. The van der Waals surface area contributed by atoms with Gasteiger partial charge in [0, 0.05) is 41.2 Å². The highest BCUT2D eigenvalue weighted by molar-refractivity contribution is 5.94. The molecule has 3 fully saturated rings. The predicted octanol–water partition coefficient (Wildman–Crippen LogP) is 8.62. The van der Waals surface area contributed by atoms with E-state index in [4.69, 9.17) is 15.9 Å². The van der Waals surface area contributed by atoms with E-state index in [0.29, 0.717) is 19.0 Å². The number of aliphatic imine (C=N–C) groups is 1. The highest BCUT2D eigenvalue weighted by Gasteiger charge is 2.41. The second kappa shape index (κ2) is 17.5. The topological polar surface area (TPSA) is 98.8 Å². The van der Waals surface area contributed by atoms with Gasteiger partial charge in [0.25, 0.3) is 0 Å². The molecule has 3 saturated heterocycles. The summed E-state index contributed by atoms with van der Waals surface area (Å²) in [5.41, 5.74) is 6.78. The lowest BCUT2D eigenvalue weighted by Crippen LogP contribution is -2.58. The van der Waals surface area contributed by atoms with Crippen molar-refractivity contribution in [1.29, 1.82) is 5.41 Å². The van der Waals surface area contributed by atoms with Crippen molar-refractivity contribution in [2.75, 3.05) is 26.3 Å². The van der Waals surface area contributed by atoms with Crippen molar-refractivity contribution < 1.29 is 4.74 Å². The molecule has 0 aliphatic carbocycles. The van der Waals surface area contributed by atoms with Crippen LogP contribution in [0.4, 0.5) is 0 Å². The number of unbranched alkanes of at least 4 members (excludes halogenated alkanes) is 3. The molecule has 270 valence electrons. The highest BCUT2D eigenvalue weighted by atomic mass is 16.5. The third-order valence-electron chi connectivity index (χ3n) is 10.8. The van der Waals surface area contributed by atoms with Crippen LogP contribution < -0.4 is 16.4 Å². The molecule has 3 heterocycles. The summed E-state index contributed by atoms with van der Waals surface area (Å²) in [5.74, 6) is 5.24. The lowest BCUT2D eigenvalue weighted by Gasteiger charge is -2.49. The van der Waals surface area contributed by atoms with Gasteiger partial charge >= 0.3 is 0 Å². The van der Waals surface area contributed by atoms with Crippen LogP contribution in [0.25, 0.3) is 0 Å². The Kier molecular flexibility index (Phi) is 15.6. The second-order valence-corrected chi connectivity index (χ2v) is 18.6. The van der Waals surface area contributed by atoms with Gasteiger partial charge in [-0.05, 0) is 117 Å². The maximum atomic E-state index is 7.71. The zero-order valence-corrected chi connectivity index (χ0v) is 32.7. The lowest BCUT2D eigenvalue weighted by atomic mass is 9.67. The van der Waals surface area contributed by atoms with Crippen LogP contribution in [0.5, 0.6) is 0 Å². The van der Waals surface area contributed by atoms with E-state index >= 15 is 0 Å². The first-order valence-electron chi connectivity index (χ1n) is 19.0. The maximum absolute atomic E-state index is 7.71. The summed E-state index contributed by atoms with van der Waals surface area (Å²) in [5, 5.41) is 15.4. The monoisotopic (exact) mass is 647 g/mol. The van der Waals surface area contributed by atoms with Crippen LogP contribution in [0, 0.1) is 40.9 Å². The van der Waals surface area contributed by atoms with Crippen LogP contribution in [0.15, 0.2) is 4.99 Å². The molecule has 3 rings (SSSR count). The first kappa shape index (κ1) is 41.0. The van der Waals surface area contributed by atoms with E-state index in [1.54, 1.807) is 0 Å². The molecule has 46 heavy (non-hydrogen) atoms. The minimum atomic E-state index is 0.191. The summed E-state index contributed by atoms with van der Waals surface area (Å²) in [4.78, 5) is 5.92. The average Bonchev–Trinajstić information content (AvgIpc) is 2.89. The van der Waals surface area contributed by atoms with Gasteiger partial charge in [0.2, 0.25) is 5.96 Å². The molecular weight excluding hydrogens is 568 g/mol. The van der Waals surface area contributed by atoms with Crippen molar-refractivity contribution in [2.45, 2.75) is 176 Å². The molecule has 0 aromatic rings. The van der Waals surface area contributed by atoms with E-state index in [0.717, 1.165) is 42.7 Å². The summed E-state index contributed by atoms with van der Waals surface area (Å²) < 4.78 is 5.18. The fourth-order valence-corrected chi connectivity index (χ4v) is 9.15. The lowest BCUT2D eigenvalue weighted by molar-refractivity contribution is 0.0672. The van der Waals surface area contributed by atoms with Gasteiger partial charge in [0.15, 0.2) is 0 Å². The van der Waals surface area contributed by atoms with Gasteiger partial charge in [-0.1, -0.05) is 66.7 Å². The van der Waals surface area contributed by atoms with Crippen LogP contribution in [0.2, 0.25) is 0 Å². The zero-order valence-electron chi connectivity index (χ0n) is 32.7. The number of hydrogen-bond acceptors (Lipinski definition) is 4. The maximum Gasteiger partial charge on any atom is 0.219 e. The summed E-state index contributed by atoms with van der Waals surface area (Å²) in [6.07, 6.45) is 13.9. The number of guanidine groups is 1. The van der Waals surface area contributed by atoms with Crippen molar-refractivity contribution >= 4 is 11.8 Å². The molecule has 0 bridgehead atoms. The first-order chi connectivity index (χ1) is 21.1. The molecule has 0 amide bonds. The third-order valence-corrected chi connectivity index (χ3v) is 10.8. The van der Waals surface area contributed by atoms with Crippen molar-refractivity contribution in [3.05, 3.63) is 0 Å². The predicted molar refractivity (Wildman–Crippen MR) is 200 cm³/mol. The van der Waals surface area contributed by atoms with Crippen LogP contribution in [0.1, 0.15) is 154 Å². The van der Waals surface area contributed by atoms with Crippen LogP contribution in [-0.4, -0.2) is 65.2 Å². The molecule has 7 nitrogen and oxygen atoms in total. The molecule has 5 N–H and O–H groups in total. The first-order valence-corrected chi connectivity index (χ1v) is 19.0. The standard InChI is InChI=1S/C30H60N2.C9H18N4O/c1-22(2)26(25-20-29(8,9)32-30(10,11)21-25)17-15-13-12-14-16-23(3)24-18-27(4,5)31-28(6,7)19-24;1-7(2)8(10)12-9(11)13-3-5-14-6-4-13/h22-26,31-32H,12-21H2,1-11H3;7H,3-6H2,1-2H3,(H3,10,11,12). The largest absolute Gasteiger partial charge is 0.387 e. The molecule has 3 aliphatic rings. The number of ether oxygens (including phenoxy) is 1. The minimum absolute atomic E-state index is 0.191. The number of nitrogens with zero attached hydrogens (tertiary/aromatic N) is 2. The van der Waals surface area contributed by atoms with Crippen molar-refractivity contribution in [1.82, 2.24) is 15.5 Å². The number of nitrogens with one attached hydrogen (secondary N) is 3. The smallest absolute Gasteiger partial charge is 0.219 e. The van der Waals surface area contributed by atoms with E-state index in [1.165, 1.54) is 64.2 Å². The Bertz CT molecular complexity index is 914. The van der Waals surface area contributed by atoms with Gasteiger partial charge in [0.1, 0.15) is 5.84 Å². The number of amidine groups is 1.